The van der Waals surface area contributed by atoms with E-state index in [-0.39, 0.29) is 30.2 Å². The molecule has 3 aliphatic rings. The minimum atomic E-state index is -0.853. The van der Waals surface area contributed by atoms with Crippen LogP contribution in [-0.4, -0.2) is 22.9 Å². The fourth-order valence-corrected chi connectivity index (χ4v) is 4.14. The third-order valence-corrected chi connectivity index (χ3v) is 5.46. The van der Waals surface area contributed by atoms with Crippen LogP contribution >= 0.6 is 0 Å². The minimum absolute atomic E-state index is 0.0205. The highest BCUT2D eigenvalue weighted by molar-refractivity contribution is 5.79. The monoisotopic (exact) mass is 342 g/mol. The second-order valence-corrected chi connectivity index (χ2v) is 6.96. The molecule has 0 spiro atoms. The molecule has 0 aromatic heterocycles. The summed E-state index contributed by atoms with van der Waals surface area (Å²) in [5, 5.41) is 0. The molecule has 5 heteroatoms. The number of aryl methyl sites for hydroxylation is 1. The Morgan fingerprint density at radius 2 is 1.96 bits per heavy atom. The van der Waals surface area contributed by atoms with Gasteiger partial charge in [-0.1, -0.05) is 30.4 Å². The quantitative estimate of drug-likeness (QED) is 0.917. The molecule has 1 aromatic rings. The number of benzene rings is 1. The van der Waals surface area contributed by atoms with Gasteiger partial charge < -0.3 is 10.6 Å². The Morgan fingerprint density at radius 3 is 2.80 bits per heavy atom. The van der Waals surface area contributed by atoms with E-state index in [4.69, 9.17) is 5.73 Å². The van der Waals surface area contributed by atoms with Crippen molar-refractivity contribution < 1.29 is 13.6 Å². The van der Waals surface area contributed by atoms with Crippen LogP contribution in [-0.2, 0) is 11.2 Å². The summed E-state index contributed by atoms with van der Waals surface area (Å²) in [6.07, 6.45) is 13.4. The van der Waals surface area contributed by atoms with Gasteiger partial charge in [0.25, 0.3) is 0 Å². The number of allylic oxidation sites excluding steroid dienone is 2. The van der Waals surface area contributed by atoms with E-state index in [1.807, 2.05) is 30.5 Å². The summed E-state index contributed by atoms with van der Waals surface area (Å²) in [5.41, 5.74) is 7.84. The van der Waals surface area contributed by atoms with Crippen molar-refractivity contribution in [2.75, 3.05) is 0 Å². The van der Waals surface area contributed by atoms with Crippen LogP contribution in [0.3, 0.4) is 0 Å². The number of carbonyl (C=O) groups excluding carboxylic acids is 1. The largest absolute Gasteiger partial charge is 0.327 e. The van der Waals surface area contributed by atoms with Crippen molar-refractivity contribution >= 4 is 5.91 Å². The first-order valence-corrected chi connectivity index (χ1v) is 8.62. The number of nitrogens with zero attached hydrogens (tertiary/aromatic N) is 1. The van der Waals surface area contributed by atoms with Crippen LogP contribution in [0.1, 0.15) is 29.9 Å². The highest BCUT2D eigenvalue weighted by Gasteiger charge is 2.34. The van der Waals surface area contributed by atoms with Crippen LogP contribution in [0.25, 0.3) is 0 Å². The van der Waals surface area contributed by atoms with Gasteiger partial charge in [0, 0.05) is 30.5 Å². The molecule has 1 aliphatic heterocycles. The van der Waals surface area contributed by atoms with Gasteiger partial charge in [0.05, 0.1) is 6.04 Å². The lowest BCUT2D eigenvalue weighted by atomic mass is 9.90. The molecule has 1 aromatic carbocycles. The Kier molecular flexibility index (Phi) is 4.04. The summed E-state index contributed by atoms with van der Waals surface area (Å²) in [7, 11) is 0. The van der Waals surface area contributed by atoms with Crippen LogP contribution in [0, 0.1) is 17.6 Å². The van der Waals surface area contributed by atoms with Crippen LogP contribution in [0.5, 0.6) is 0 Å². The zero-order valence-corrected chi connectivity index (χ0v) is 13.7. The second-order valence-electron chi connectivity index (χ2n) is 6.96. The van der Waals surface area contributed by atoms with Gasteiger partial charge in [-0.05, 0) is 36.1 Å². The molecule has 0 bridgehead atoms. The van der Waals surface area contributed by atoms with Gasteiger partial charge >= 0.3 is 0 Å². The maximum absolute atomic E-state index is 13.6. The summed E-state index contributed by atoms with van der Waals surface area (Å²) >= 11 is 0. The Bertz CT molecular complexity index is 799. The van der Waals surface area contributed by atoms with Crippen molar-refractivity contribution in [3.05, 3.63) is 71.5 Å². The summed E-state index contributed by atoms with van der Waals surface area (Å²) in [6.45, 7) is 0. The third-order valence-electron chi connectivity index (χ3n) is 5.46. The number of rotatable bonds is 3. The molecule has 0 saturated heterocycles. The Balaban J connectivity index is 1.47. The van der Waals surface area contributed by atoms with Crippen LogP contribution in [0.15, 0.2) is 48.7 Å². The summed E-state index contributed by atoms with van der Waals surface area (Å²) in [4.78, 5) is 14.4. The molecule has 130 valence electrons. The summed E-state index contributed by atoms with van der Waals surface area (Å²) in [6, 6.07) is 2.11. The van der Waals surface area contributed by atoms with E-state index in [1.165, 1.54) is 12.1 Å². The summed E-state index contributed by atoms with van der Waals surface area (Å²) < 4.78 is 27.0. The number of hydrogen-bond acceptors (Lipinski definition) is 2. The number of amides is 1. The number of halogens is 2. The van der Waals surface area contributed by atoms with E-state index in [1.54, 1.807) is 4.90 Å². The predicted molar refractivity (Wildman–Crippen MR) is 91.6 cm³/mol. The van der Waals surface area contributed by atoms with Gasteiger partial charge in [0.1, 0.15) is 0 Å². The van der Waals surface area contributed by atoms with E-state index in [9.17, 15) is 13.6 Å². The Hall–Kier alpha value is -2.27. The van der Waals surface area contributed by atoms with Gasteiger partial charge in [-0.15, -0.1) is 0 Å². The maximum Gasteiger partial charge on any atom is 0.228 e. The number of nitrogens with two attached hydrogens (primary N) is 1. The van der Waals surface area contributed by atoms with Crippen molar-refractivity contribution in [2.45, 2.75) is 37.3 Å². The molecule has 4 unspecified atom stereocenters. The highest BCUT2D eigenvalue weighted by Crippen LogP contribution is 2.37. The van der Waals surface area contributed by atoms with E-state index in [0.29, 0.717) is 6.42 Å². The molecule has 0 saturated carbocycles. The van der Waals surface area contributed by atoms with Crippen LogP contribution in [0.4, 0.5) is 8.78 Å². The molecule has 1 amide bonds. The Labute approximate surface area is 145 Å². The van der Waals surface area contributed by atoms with Gasteiger partial charge in [0.2, 0.25) is 5.91 Å². The van der Waals surface area contributed by atoms with Crippen molar-refractivity contribution in [3.63, 3.8) is 0 Å². The lowest BCUT2D eigenvalue weighted by molar-refractivity contribution is -0.130. The first-order chi connectivity index (χ1) is 12.0. The second kappa shape index (κ2) is 6.23. The van der Waals surface area contributed by atoms with Crippen molar-refractivity contribution in [3.8, 4) is 0 Å². The third kappa shape index (κ3) is 2.82. The molecule has 1 heterocycles. The zero-order valence-electron chi connectivity index (χ0n) is 13.7. The first kappa shape index (κ1) is 16.2. The van der Waals surface area contributed by atoms with Crippen LogP contribution < -0.4 is 5.73 Å². The molecule has 25 heavy (non-hydrogen) atoms. The number of carbonyl (C=O) groups is 1. The fraction of sp³-hybridized carbons (Fsp3) is 0.350. The van der Waals surface area contributed by atoms with Gasteiger partial charge in [-0.2, -0.15) is 0 Å². The molecular weight excluding hydrogens is 322 g/mol. The lowest BCUT2D eigenvalue weighted by Crippen LogP contribution is -2.40. The lowest BCUT2D eigenvalue weighted by Gasteiger charge is -2.28. The van der Waals surface area contributed by atoms with E-state index >= 15 is 0 Å². The van der Waals surface area contributed by atoms with E-state index in [0.717, 1.165) is 17.5 Å². The van der Waals surface area contributed by atoms with Gasteiger partial charge in [0.15, 0.2) is 11.6 Å². The smallest absolute Gasteiger partial charge is 0.228 e. The van der Waals surface area contributed by atoms with Crippen molar-refractivity contribution in [2.24, 2.45) is 11.7 Å². The predicted octanol–water partition coefficient (Wildman–Crippen LogP) is 3.18. The molecule has 4 rings (SSSR count). The average Bonchev–Trinajstić information content (AvgIpc) is 3.19. The fourth-order valence-electron chi connectivity index (χ4n) is 4.14. The topological polar surface area (TPSA) is 46.3 Å². The maximum atomic E-state index is 13.6. The molecular formula is C20H20F2N2O. The first-order valence-electron chi connectivity index (χ1n) is 8.62. The van der Waals surface area contributed by atoms with E-state index in [2.05, 4.69) is 6.08 Å². The Morgan fingerprint density at radius 1 is 1.20 bits per heavy atom. The molecule has 2 N–H and O–H groups in total. The van der Waals surface area contributed by atoms with Gasteiger partial charge in [-0.3, -0.25) is 4.79 Å². The molecule has 3 nitrogen and oxygen atoms in total. The minimum Gasteiger partial charge on any atom is -0.327 e. The van der Waals surface area contributed by atoms with Crippen LogP contribution in [0.2, 0.25) is 0 Å². The molecule has 0 fully saturated rings. The highest BCUT2D eigenvalue weighted by atomic mass is 19.2. The van der Waals surface area contributed by atoms with E-state index < -0.39 is 17.7 Å². The molecule has 2 aliphatic carbocycles. The molecule has 4 atom stereocenters. The molecule has 0 radical (unpaired) electrons. The summed E-state index contributed by atoms with van der Waals surface area (Å²) in [5.74, 6) is -1.61. The number of hydrogen-bond donors (Lipinski definition) is 1. The van der Waals surface area contributed by atoms with Crippen molar-refractivity contribution in [1.29, 1.82) is 0 Å². The van der Waals surface area contributed by atoms with Crippen molar-refractivity contribution in [1.82, 2.24) is 4.90 Å². The SMILES string of the molecule is NC(CC(=O)N1C=CC2C=CC=CC21)C1CCc2cc(F)c(F)cc21. The van der Waals surface area contributed by atoms with Gasteiger partial charge in [-0.25, -0.2) is 8.78 Å². The zero-order chi connectivity index (χ0) is 17.6. The average molecular weight is 342 g/mol. The normalized spacial score (nSPS) is 27.5. The standard InChI is InChI=1S/C20H20F2N2O/c21-16-9-13-5-6-14(15(13)10-17(16)22)18(23)11-20(25)24-8-7-12-3-1-2-4-19(12)24/h1-4,7-10,12,14,18-19H,5-6,11,23H2. The number of fused-ring (bicyclic) bond motifs is 2.